The molecule has 0 N–H and O–H groups in total. The van der Waals surface area contributed by atoms with Crippen LogP contribution in [-0.2, 0) is 14.3 Å². The molecule has 114 valence electrons. The molecule has 0 atom stereocenters. The van der Waals surface area contributed by atoms with Crippen molar-refractivity contribution >= 4 is 16.2 Å². The highest BCUT2D eigenvalue weighted by molar-refractivity contribution is 7.86. The molecular weight excluding hydrogens is 296 g/mol. The summed E-state index contributed by atoms with van der Waals surface area (Å²) in [6.07, 6.45) is 3.18. The highest BCUT2D eigenvalue weighted by Crippen LogP contribution is 2.33. The molecule has 0 bridgehead atoms. The van der Waals surface area contributed by atoms with E-state index in [1.165, 1.54) is 5.57 Å². The van der Waals surface area contributed by atoms with Gasteiger partial charge in [-0.15, -0.1) is 0 Å². The van der Waals surface area contributed by atoms with E-state index in [2.05, 4.69) is 6.08 Å². The zero-order valence-electron chi connectivity index (χ0n) is 12.4. The van der Waals surface area contributed by atoms with Crippen molar-refractivity contribution in [1.82, 2.24) is 0 Å². The first-order valence-electron chi connectivity index (χ1n) is 7.27. The van der Waals surface area contributed by atoms with Gasteiger partial charge in [0.2, 0.25) is 0 Å². The van der Waals surface area contributed by atoms with Crippen LogP contribution >= 0.6 is 0 Å². The van der Waals surface area contributed by atoms with Crippen LogP contribution in [0, 0.1) is 6.92 Å². The second kappa shape index (κ2) is 6.07. The average molecular weight is 314 g/mol. The Labute approximate surface area is 131 Å². The van der Waals surface area contributed by atoms with Crippen LogP contribution in [-0.4, -0.2) is 14.5 Å². The van der Waals surface area contributed by atoms with E-state index >= 15 is 0 Å². The molecule has 1 fully saturated rings. The number of hydrogen-bond acceptors (Lipinski definition) is 3. The summed E-state index contributed by atoms with van der Waals surface area (Å²) in [6, 6.07) is 16.7. The molecule has 0 heterocycles. The lowest BCUT2D eigenvalue weighted by Gasteiger charge is -2.28. The Bertz CT molecular complexity index is 767. The standard InChI is InChI=1S/C18H18O3S/c1-14-7-9-18(10-8-14)22(19,20)21-17-12-16(13-17)11-15-5-3-2-4-6-15/h2-11,17H,12-13H2,1H3. The molecule has 0 unspecified atom stereocenters. The first-order valence-corrected chi connectivity index (χ1v) is 8.68. The van der Waals surface area contributed by atoms with E-state index in [0.717, 1.165) is 11.1 Å². The molecule has 0 aromatic heterocycles. The lowest BCUT2D eigenvalue weighted by atomic mass is 9.87. The number of benzene rings is 2. The molecule has 1 saturated carbocycles. The van der Waals surface area contributed by atoms with Crippen LogP contribution < -0.4 is 0 Å². The zero-order chi connectivity index (χ0) is 15.6. The third kappa shape index (κ3) is 3.46. The van der Waals surface area contributed by atoms with Gasteiger partial charge in [-0.1, -0.05) is 59.7 Å². The van der Waals surface area contributed by atoms with E-state index in [4.69, 9.17) is 4.18 Å². The highest BCUT2D eigenvalue weighted by Gasteiger charge is 2.29. The van der Waals surface area contributed by atoms with Gasteiger partial charge in [0, 0.05) is 0 Å². The van der Waals surface area contributed by atoms with Crippen molar-refractivity contribution in [3.05, 3.63) is 71.3 Å². The molecule has 1 aliphatic carbocycles. The van der Waals surface area contributed by atoms with Gasteiger partial charge in [0.25, 0.3) is 10.1 Å². The third-order valence-electron chi connectivity index (χ3n) is 3.72. The van der Waals surface area contributed by atoms with Gasteiger partial charge in [-0.25, -0.2) is 0 Å². The second-order valence-corrected chi connectivity index (χ2v) is 7.18. The van der Waals surface area contributed by atoms with Crippen molar-refractivity contribution in [3.8, 4) is 0 Å². The Morgan fingerprint density at radius 3 is 2.27 bits per heavy atom. The molecule has 0 spiro atoms. The van der Waals surface area contributed by atoms with Gasteiger partial charge < -0.3 is 0 Å². The molecule has 22 heavy (non-hydrogen) atoms. The summed E-state index contributed by atoms with van der Waals surface area (Å²) >= 11 is 0. The summed E-state index contributed by atoms with van der Waals surface area (Å²) in [5, 5.41) is 0. The van der Waals surface area contributed by atoms with Crippen molar-refractivity contribution in [2.45, 2.75) is 30.8 Å². The maximum absolute atomic E-state index is 12.2. The van der Waals surface area contributed by atoms with E-state index < -0.39 is 10.1 Å². The molecule has 3 nitrogen and oxygen atoms in total. The maximum Gasteiger partial charge on any atom is 0.297 e. The topological polar surface area (TPSA) is 43.4 Å². The molecule has 0 amide bonds. The van der Waals surface area contributed by atoms with E-state index in [0.29, 0.717) is 12.8 Å². The van der Waals surface area contributed by atoms with Crippen LogP contribution in [0.2, 0.25) is 0 Å². The van der Waals surface area contributed by atoms with Crippen LogP contribution in [0.3, 0.4) is 0 Å². The highest BCUT2D eigenvalue weighted by atomic mass is 32.2. The fraction of sp³-hybridized carbons (Fsp3) is 0.222. The smallest absolute Gasteiger partial charge is 0.262 e. The fourth-order valence-electron chi connectivity index (χ4n) is 2.44. The minimum absolute atomic E-state index is 0.221. The normalized spacial score (nSPS) is 17.9. The molecule has 0 radical (unpaired) electrons. The van der Waals surface area contributed by atoms with Crippen molar-refractivity contribution < 1.29 is 12.6 Å². The lowest BCUT2D eigenvalue weighted by molar-refractivity contribution is 0.171. The molecule has 1 aliphatic rings. The maximum atomic E-state index is 12.2. The van der Waals surface area contributed by atoms with Crippen molar-refractivity contribution in [1.29, 1.82) is 0 Å². The average Bonchev–Trinajstić information content (AvgIpc) is 2.46. The van der Waals surface area contributed by atoms with Crippen LogP contribution in [0.5, 0.6) is 0 Å². The molecule has 0 aliphatic heterocycles. The third-order valence-corrected chi connectivity index (χ3v) is 5.10. The number of rotatable bonds is 4. The lowest BCUT2D eigenvalue weighted by Crippen LogP contribution is -2.27. The zero-order valence-corrected chi connectivity index (χ0v) is 13.2. The molecule has 4 heteroatoms. The van der Waals surface area contributed by atoms with Gasteiger partial charge in [0.1, 0.15) is 0 Å². The summed E-state index contributed by atoms with van der Waals surface area (Å²) in [5.74, 6) is 0. The van der Waals surface area contributed by atoms with E-state index in [9.17, 15) is 8.42 Å². The molecule has 0 saturated heterocycles. The molecular formula is C18H18O3S. The Morgan fingerprint density at radius 2 is 1.64 bits per heavy atom. The van der Waals surface area contributed by atoms with Crippen LogP contribution in [0.4, 0.5) is 0 Å². The van der Waals surface area contributed by atoms with Crippen molar-refractivity contribution in [2.24, 2.45) is 0 Å². The van der Waals surface area contributed by atoms with Gasteiger partial charge in [-0.2, -0.15) is 8.42 Å². The summed E-state index contributed by atoms with van der Waals surface area (Å²) in [5.41, 5.74) is 3.38. The van der Waals surface area contributed by atoms with Gasteiger partial charge in [-0.3, -0.25) is 4.18 Å². The molecule has 2 aromatic rings. The Balaban J connectivity index is 1.62. The molecule has 3 rings (SSSR count). The van der Waals surface area contributed by atoms with Gasteiger partial charge in [-0.05, 0) is 37.5 Å². The van der Waals surface area contributed by atoms with Gasteiger partial charge in [0.15, 0.2) is 0 Å². The largest absolute Gasteiger partial charge is 0.297 e. The summed E-state index contributed by atoms with van der Waals surface area (Å²) < 4.78 is 29.6. The Hall–Kier alpha value is -1.91. The van der Waals surface area contributed by atoms with Crippen LogP contribution in [0.15, 0.2) is 65.1 Å². The quantitative estimate of drug-likeness (QED) is 0.803. The monoisotopic (exact) mass is 314 g/mol. The predicted molar refractivity (Wildman–Crippen MR) is 86.9 cm³/mol. The van der Waals surface area contributed by atoms with Crippen molar-refractivity contribution in [3.63, 3.8) is 0 Å². The van der Waals surface area contributed by atoms with Crippen molar-refractivity contribution in [2.75, 3.05) is 0 Å². The van der Waals surface area contributed by atoms with Gasteiger partial charge >= 0.3 is 0 Å². The first-order chi connectivity index (χ1) is 10.5. The minimum atomic E-state index is -3.66. The van der Waals surface area contributed by atoms with E-state index in [1.54, 1.807) is 24.3 Å². The molecule has 2 aromatic carbocycles. The summed E-state index contributed by atoms with van der Waals surface area (Å²) in [4.78, 5) is 0.221. The second-order valence-electron chi connectivity index (χ2n) is 5.61. The fourth-order valence-corrected chi connectivity index (χ4v) is 3.51. The summed E-state index contributed by atoms with van der Waals surface area (Å²) in [7, 11) is -3.66. The van der Waals surface area contributed by atoms with E-state index in [1.807, 2.05) is 37.3 Å². The first kappa shape index (κ1) is 15.0. The Morgan fingerprint density at radius 1 is 1.00 bits per heavy atom. The minimum Gasteiger partial charge on any atom is -0.262 e. The summed E-state index contributed by atoms with van der Waals surface area (Å²) in [6.45, 7) is 1.92. The SMILES string of the molecule is Cc1ccc(S(=O)(=O)OC2CC(=Cc3ccccc3)C2)cc1. The van der Waals surface area contributed by atoms with Gasteiger partial charge in [0.05, 0.1) is 11.0 Å². The van der Waals surface area contributed by atoms with Crippen LogP contribution in [0.25, 0.3) is 6.08 Å². The number of hydrogen-bond donors (Lipinski definition) is 0. The van der Waals surface area contributed by atoms with E-state index in [-0.39, 0.29) is 11.0 Å². The predicted octanol–water partition coefficient (Wildman–Crippen LogP) is 3.95. The van der Waals surface area contributed by atoms with Crippen LogP contribution in [0.1, 0.15) is 24.0 Å². The number of aryl methyl sites for hydroxylation is 1. The Kier molecular flexibility index (Phi) is 4.14.